The van der Waals surface area contributed by atoms with E-state index in [0.717, 1.165) is 6.54 Å². The van der Waals surface area contributed by atoms with Crippen molar-refractivity contribution in [3.63, 3.8) is 0 Å². The van der Waals surface area contributed by atoms with E-state index in [-0.39, 0.29) is 12.4 Å². The fourth-order valence-electron chi connectivity index (χ4n) is 1.04. The zero-order valence-electron chi connectivity index (χ0n) is 7.03. The fourth-order valence-corrected chi connectivity index (χ4v) is 1.04. The molecule has 0 N–H and O–H groups in total. The van der Waals surface area contributed by atoms with Crippen molar-refractivity contribution in [3.8, 4) is 0 Å². The van der Waals surface area contributed by atoms with Crippen LogP contribution in [0.1, 0.15) is 6.92 Å². The second kappa shape index (κ2) is 4.29. The van der Waals surface area contributed by atoms with E-state index in [2.05, 4.69) is 42.8 Å². The molecule has 1 heterocycles. The van der Waals surface area contributed by atoms with Gasteiger partial charge in [0.1, 0.15) is 0 Å². The summed E-state index contributed by atoms with van der Waals surface area (Å²) in [6.07, 6.45) is 6.57. The molecule has 1 unspecified atom stereocenters. The first-order valence-electron chi connectivity index (χ1n) is 3.52. The lowest BCUT2D eigenvalue weighted by molar-refractivity contribution is 0.210. The maximum Gasteiger partial charge on any atom is 0.0978 e. The highest BCUT2D eigenvalue weighted by Gasteiger charge is 2.15. The Morgan fingerprint density at radius 3 is 2.55 bits per heavy atom. The van der Waals surface area contributed by atoms with E-state index in [4.69, 9.17) is 0 Å². The Labute approximate surface area is 74.6 Å². The highest BCUT2D eigenvalue weighted by Crippen LogP contribution is 2.11. The Kier molecular flexibility index (Phi) is 4.04. The largest absolute Gasteiger partial charge is 0.359 e. The third-order valence-electron chi connectivity index (χ3n) is 1.90. The van der Waals surface area contributed by atoms with Crippen molar-refractivity contribution in [1.82, 2.24) is 9.80 Å². The molecule has 11 heavy (non-hydrogen) atoms. The van der Waals surface area contributed by atoms with E-state index in [0.29, 0.717) is 6.17 Å². The first-order chi connectivity index (χ1) is 4.75. The van der Waals surface area contributed by atoms with Crippen LogP contribution in [-0.4, -0.2) is 29.6 Å². The second-order valence-corrected chi connectivity index (χ2v) is 2.58. The number of rotatable bonds is 2. The zero-order valence-corrected chi connectivity index (χ0v) is 7.84. The van der Waals surface area contributed by atoms with Crippen molar-refractivity contribution in [3.05, 3.63) is 25.1 Å². The molecule has 0 radical (unpaired) electrons. The van der Waals surface area contributed by atoms with Crippen LogP contribution in [-0.2, 0) is 0 Å². The van der Waals surface area contributed by atoms with Gasteiger partial charge < -0.3 is 9.80 Å². The van der Waals surface area contributed by atoms with E-state index in [1.54, 1.807) is 0 Å². The average molecular weight is 175 g/mol. The Morgan fingerprint density at radius 1 is 1.55 bits per heavy atom. The highest BCUT2D eigenvalue weighted by molar-refractivity contribution is 5.85. The van der Waals surface area contributed by atoms with Gasteiger partial charge in [-0.25, -0.2) is 0 Å². The van der Waals surface area contributed by atoms with Gasteiger partial charge in [0.2, 0.25) is 0 Å². The topological polar surface area (TPSA) is 6.48 Å². The van der Waals surface area contributed by atoms with Crippen LogP contribution in [0.2, 0.25) is 0 Å². The van der Waals surface area contributed by atoms with Gasteiger partial charge in [-0.1, -0.05) is 6.08 Å². The first-order valence-corrected chi connectivity index (χ1v) is 3.52. The van der Waals surface area contributed by atoms with Crippen molar-refractivity contribution < 1.29 is 0 Å². The second-order valence-electron chi connectivity index (χ2n) is 2.58. The van der Waals surface area contributed by atoms with Gasteiger partial charge in [-0.2, -0.15) is 0 Å². The van der Waals surface area contributed by atoms with Crippen molar-refractivity contribution in [2.24, 2.45) is 0 Å². The quantitative estimate of drug-likeness (QED) is 0.588. The summed E-state index contributed by atoms with van der Waals surface area (Å²) in [5.41, 5.74) is 0. The van der Waals surface area contributed by atoms with Crippen LogP contribution in [0.4, 0.5) is 0 Å². The highest BCUT2D eigenvalue weighted by atomic mass is 35.5. The standard InChI is InChI=1S/C8H14N2.ClH/c1-4-5-10-7-6-9(3)8(10)2;/h4,6-8H,1,5H2,2-3H3;1H. The molecule has 1 atom stereocenters. The summed E-state index contributed by atoms with van der Waals surface area (Å²) in [5.74, 6) is 0. The van der Waals surface area contributed by atoms with Gasteiger partial charge >= 0.3 is 0 Å². The molecular weight excluding hydrogens is 160 g/mol. The first kappa shape index (κ1) is 10.4. The van der Waals surface area contributed by atoms with Crippen LogP contribution in [0.5, 0.6) is 0 Å². The average Bonchev–Trinajstić information content (AvgIpc) is 2.20. The van der Waals surface area contributed by atoms with Gasteiger partial charge in [0, 0.05) is 26.0 Å². The summed E-state index contributed by atoms with van der Waals surface area (Å²) in [4.78, 5) is 4.40. The smallest absolute Gasteiger partial charge is 0.0978 e. The van der Waals surface area contributed by atoms with E-state index in [1.807, 2.05) is 6.08 Å². The van der Waals surface area contributed by atoms with Crippen LogP contribution >= 0.6 is 12.4 Å². The molecule has 0 aromatic carbocycles. The summed E-state index contributed by atoms with van der Waals surface area (Å²) < 4.78 is 0. The molecule has 0 fully saturated rings. The van der Waals surface area contributed by atoms with Crippen LogP contribution < -0.4 is 0 Å². The maximum atomic E-state index is 3.69. The molecule has 0 saturated heterocycles. The van der Waals surface area contributed by atoms with Gasteiger partial charge in [0.05, 0.1) is 6.17 Å². The molecule has 0 amide bonds. The molecule has 0 aromatic rings. The maximum absolute atomic E-state index is 3.69. The van der Waals surface area contributed by atoms with E-state index >= 15 is 0 Å². The van der Waals surface area contributed by atoms with Crippen molar-refractivity contribution >= 4 is 12.4 Å². The molecule has 1 aliphatic rings. The van der Waals surface area contributed by atoms with Gasteiger partial charge in [-0.3, -0.25) is 0 Å². The molecule has 0 bridgehead atoms. The number of halogens is 1. The molecule has 1 rings (SSSR count). The van der Waals surface area contributed by atoms with Gasteiger partial charge in [0.25, 0.3) is 0 Å². The predicted octanol–water partition coefficient (Wildman–Crippen LogP) is 1.66. The minimum atomic E-state index is 0. The summed E-state index contributed by atoms with van der Waals surface area (Å²) in [6, 6.07) is 0. The molecule has 0 aromatic heterocycles. The van der Waals surface area contributed by atoms with Gasteiger partial charge in [0.15, 0.2) is 0 Å². The SMILES string of the molecule is C=CCN1C=CN(C)C1C.Cl. The predicted molar refractivity (Wildman–Crippen MR) is 50.5 cm³/mol. The number of hydrogen-bond donors (Lipinski definition) is 0. The Hall–Kier alpha value is -0.630. The number of nitrogens with zero attached hydrogens (tertiary/aromatic N) is 2. The van der Waals surface area contributed by atoms with Crippen LogP contribution in [0.15, 0.2) is 25.1 Å². The molecular formula is C8H15ClN2. The van der Waals surface area contributed by atoms with Crippen molar-refractivity contribution in [1.29, 1.82) is 0 Å². The lowest BCUT2D eigenvalue weighted by atomic mass is 10.4. The minimum absolute atomic E-state index is 0. The molecule has 0 spiro atoms. The Morgan fingerprint density at radius 2 is 2.18 bits per heavy atom. The van der Waals surface area contributed by atoms with E-state index < -0.39 is 0 Å². The number of hydrogen-bond acceptors (Lipinski definition) is 2. The summed E-state index contributed by atoms with van der Waals surface area (Å²) in [6.45, 7) is 6.79. The van der Waals surface area contributed by atoms with Gasteiger partial charge in [-0.15, -0.1) is 19.0 Å². The summed E-state index contributed by atoms with van der Waals surface area (Å²) in [7, 11) is 2.07. The molecule has 3 heteroatoms. The van der Waals surface area contributed by atoms with Crippen molar-refractivity contribution in [2.45, 2.75) is 13.1 Å². The summed E-state index contributed by atoms with van der Waals surface area (Å²) in [5, 5.41) is 0. The van der Waals surface area contributed by atoms with E-state index in [9.17, 15) is 0 Å². The molecule has 1 aliphatic heterocycles. The molecule has 0 saturated carbocycles. The normalized spacial score (nSPS) is 21.8. The van der Waals surface area contributed by atoms with Crippen LogP contribution in [0, 0.1) is 0 Å². The monoisotopic (exact) mass is 174 g/mol. The fraction of sp³-hybridized carbons (Fsp3) is 0.500. The molecule has 2 nitrogen and oxygen atoms in total. The third kappa shape index (κ3) is 2.15. The summed E-state index contributed by atoms with van der Waals surface area (Å²) >= 11 is 0. The Balaban J connectivity index is 0.000001000. The zero-order chi connectivity index (χ0) is 7.56. The van der Waals surface area contributed by atoms with Crippen LogP contribution in [0.3, 0.4) is 0 Å². The molecule has 64 valence electrons. The minimum Gasteiger partial charge on any atom is -0.359 e. The van der Waals surface area contributed by atoms with E-state index in [1.165, 1.54) is 0 Å². The Bertz CT molecular complexity index is 156. The third-order valence-corrected chi connectivity index (χ3v) is 1.90. The molecule has 0 aliphatic carbocycles. The van der Waals surface area contributed by atoms with Crippen LogP contribution in [0.25, 0.3) is 0 Å². The lowest BCUT2D eigenvalue weighted by Gasteiger charge is -2.25. The van der Waals surface area contributed by atoms with Gasteiger partial charge in [-0.05, 0) is 6.92 Å². The lowest BCUT2D eigenvalue weighted by Crippen LogP contribution is -2.33. The van der Waals surface area contributed by atoms with Crippen molar-refractivity contribution in [2.75, 3.05) is 13.6 Å².